The summed E-state index contributed by atoms with van der Waals surface area (Å²) in [5.41, 5.74) is 1.98. The standard InChI is InChI=1S/C16H27N3O2/c1-5-17-16(3,15(20)21-4)10-11-19-12(2)18-13-8-6-7-9-14(13)19/h17H,5-11H2,1-4H3. The molecule has 1 N–H and O–H groups in total. The summed E-state index contributed by atoms with van der Waals surface area (Å²) in [5.74, 6) is 0.863. The van der Waals surface area contributed by atoms with Crippen LogP contribution in [0.4, 0.5) is 0 Å². The Kier molecular flexibility index (Phi) is 5.04. The van der Waals surface area contributed by atoms with Crippen molar-refractivity contribution in [3.63, 3.8) is 0 Å². The average Bonchev–Trinajstić information content (AvgIpc) is 2.80. The molecule has 1 aliphatic carbocycles. The first kappa shape index (κ1) is 16.0. The molecule has 1 atom stereocenters. The van der Waals surface area contributed by atoms with E-state index in [1.807, 2.05) is 13.8 Å². The summed E-state index contributed by atoms with van der Waals surface area (Å²) < 4.78 is 7.24. The van der Waals surface area contributed by atoms with Crippen molar-refractivity contribution in [1.29, 1.82) is 0 Å². The molecule has 1 unspecified atom stereocenters. The molecule has 0 bridgehead atoms. The number of nitrogens with one attached hydrogen (secondary N) is 1. The van der Waals surface area contributed by atoms with Crippen LogP contribution >= 0.6 is 0 Å². The third-order valence-electron chi connectivity index (χ3n) is 4.46. The third-order valence-corrected chi connectivity index (χ3v) is 4.46. The van der Waals surface area contributed by atoms with E-state index >= 15 is 0 Å². The number of imidazole rings is 1. The number of hydrogen-bond acceptors (Lipinski definition) is 4. The molecule has 0 saturated heterocycles. The van der Waals surface area contributed by atoms with Crippen molar-refractivity contribution >= 4 is 5.97 Å². The van der Waals surface area contributed by atoms with Crippen molar-refractivity contribution in [2.24, 2.45) is 0 Å². The molecule has 0 amide bonds. The van der Waals surface area contributed by atoms with Crippen LogP contribution in [0.25, 0.3) is 0 Å². The van der Waals surface area contributed by atoms with Crippen molar-refractivity contribution in [2.75, 3.05) is 13.7 Å². The first-order chi connectivity index (χ1) is 10.0. The molecule has 1 aromatic heterocycles. The fraction of sp³-hybridized carbons (Fsp3) is 0.750. The summed E-state index contributed by atoms with van der Waals surface area (Å²) in [6.07, 6.45) is 5.37. The zero-order chi connectivity index (χ0) is 15.5. The van der Waals surface area contributed by atoms with Crippen molar-refractivity contribution in [3.05, 3.63) is 17.2 Å². The van der Waals surface area contributed by atoms with Gasteiger partial charge >= 0.3 is 5.97 Å². The van der Waals surface area contributed by atoms with Crippen LogP contribution in [0.1, 0.15) is 50.3 Å². The molecular weight excluding hydrogens is 266 g/mol. The van der Waals surface area contributed by atoms with E-state index in [1.165, 1.54) is 31.3 Å². The minimum Gasteiger partial charge on any atom is -0.468 e. The molecule has 0 fully saturated rings. The number of fused-ring (bicyclic) bond motifs is 1. The maximum Gasteiger partial charge on any atom is 0.325 e. The quantitative estimate of drug-likeness (QED) is 0.815. The number of aryl methyl sites for hydroxylation is 2. The first-order valence-electron chi connectivity index (χ1n) is 7.90. The highest BCUT2D eigenvalue weighted by Crippen LogP contribution is 2.23. The van der Waals surface area contributed by atoms with Crippen LogP contribution in [0.2, 0.25) is 0 Å². The van der Waals surface area contributed by atoms with Gasteiger partial charge in [-0.2, -0.15) is 0 Å². The van der Waals surface area contributed by atoms with Gasteiger partial charge in [0, 0.05) is 12.2 Å². The maximum atomic E-state index is 12.0. The van der Waals surface area contributed by atoms with Gasteiger partial charge < -0.3 is 14.6 Å². The van der Waals surface area contributed by atoms with Crippen LogP contribution in [-0.2, 0) is 28.9 Å². The lowest BCUT2D eigenvalue weighted by atomic mass is 9.97. The Bertz CT molecular complexity index is 510. The Morgan fingerprint density at radius 1 is 1.43 bits per heavy atom. The van der Waals surface area contributed by atoms with Gasteiger partial charge in [0.2, 0.25) is 0 Å². The second-order valence-electron chi connectivity index (χ2n) is 6.02. The minimum absolute atomic E-state index is 0.198. The Morgan fingerprint density at radius 3 is 2.81 bits per heavy atom. The van der Waals surface area contributed by atoms with E-state index in [0.29, 0.717) is 6.42 Å². The highest BCUT2D eigenvalue weighted by Gasteiger charge is 2.33. The summed E-state index contributed by atoms with van der Waals surface area (Å²) in [6, 6.07) is 0. The van der Waals surface area contributed by atoms with E-state index in [4.69, 9.17) is 4.74 Å². The number of nitrogens with zero attached hydrogens (tertiary/aromatic N) is 2. The Balaban J connectivity index is 2.14. The Labute approximate surface area is 127 Å². The highest BCUT2D eigenvalue weighted by atomic mass is 16.5. The van der Waals surface area contributed by atoms with E-state index in [2.05, 4.69) is 21.8 Å². The van der Waals surface area contributed by atoms with Crippen LogP contribution in [0.15, 0.2) is 0 Å². The molecule has 0 aromatic carbocycles. The summed E-state index contributed by atoms with van der Waals surface area (Å²) >= 11 is 0. The van der Waals surface area contributed by atoms with E-state index in [1.54, 1.807) is 0 Å². The van der Waals surface area contributed by atoms with Gasteiger partial charge in [0.25, 0.3) is 0 Å². The molecule has 5 nitrogen and oxygen atoms in total. The lowest BCUT2D eigenvalue weighted by Gasteiger charge is -2.28. The van der Waals surface area contributed by atoms with E-state index < -0.39 is 5.54 Å². The number of methoxy groups -OCH3 is 1. The van der Waals surface area contributed by atoms with Crippen LogP contribution in [0, 0.1) is 6.92 Å². The maximum absolute atomic E-state index is 12.0. The summed E-state index contributed by atoms with van der Waals surface area (Å²) in [7, 11) is 1.45. The van der Waals surface area contributed by atoms with Crippen LogP contribution in [0.5, 0.6) is 0 Å². The first-order valence-corrected chi connectivity index (χ1v) is 7.90. The van der Waals surface area contributed by atoms with Gasteiger partial charge in [-0.25, -0.2) is 4.98 Å². The number of ether oxygens (including phenoxy) is 1. The molecule has 1 heterocycles. The second-order valence-corrected chi connectivity index (χ2v) is 6.02. The number of rotatable bonds is 6. The number of carbonyl (C=O) groups excluding carboxylic acids is 1. The molecular formula is C16H27N3O2. The number of hydrogen-bond donors (Lipinski definition) is 1. The van der Waals surface area contributed by atoms with Gasteiger partial charge in [-0.3, -0.25) is 4.79 Å². The summed E-state index contributed by atoms with van der Waals surface area (Å²) in [4.78, 5) is 16.7. The van der Waals surface area contributed by atoms with Gasteiger partial charge in [0.1, 0.15) is 11.4 Å². The van der Waals surface area contributed by atoms with Crippen molar-refractivity contribution in [3.8, 4) is 0 Å². The monoisotopic (exact) mass is 293 g/mol. The van der Waals surface area contributed by atoms with Gasteiger partial charge in [-0.1, -0.05) is 6.92 Å². The van der Waals surface area contributed by atoms with Crippen LogP contribution in [0.3, 0.4) is 0 Å². The van der Waals surface area contributed by atoms with Gasteiger partial charge in [-0.05, 0) is 52.5 Å². The van der Waals surface area contributed by atoms with E-state index in [-0.39, 0.29) is 5.97 Å². The molecule has 2 rings (SSSR count). The number of aromatic nitrogens is 2. The van der Waals surface area contributed by atoms with Gasteiger partial charge in [-0.15, -0.1) is 0 Å². The molecule has 21 heavy (non-hydrogen) atoms. The van der Waals surface area contributed by atoms with Crippen molar-refractivity contribution in [2.45, 2.75) is 65.0 Å². The number of esters is 1. The molecule has 0 radical (unpaired) electrons. The number of likely N-dealkylation sites (N-methyl/N-ethyl adjacent to an activating group) is 1. The molecule has 1 aromatic rings. The van der Waals surface area contributed by atoms with Gasteiger partial charge in [0.05, 0.1) is 12.8 Å². The minimum atomic E-state index is -0.637. The summed E-state index contributed by atoms with van der Waals surface area (Å²) in [6.45, 7) is 7.52. The molecule has 5 heteroatoms. The largest absolute Gasteiger partial charge is 0.468 e. The molecule has 0 spiro atoms. The zero-order valence-corrected chi connectivity index (χ0v) is 13.7. The highest BCUT2D eigenvalue weighted by molar-refractivity contribution is 5.80. The topological polar surface area (TPSA) is 56.2 Å². The SMILES string of the molecule is CCNC(C)(CCn1c(C)nc2c1CCCC2)C(=O)OC. The predicted octanol–water partition coefficient (Wildman–Crippen LogP) is 2.00. The molecule has 118 valence electrons. The normalized spacial score (nSPS) is 17.1. The zero-order valence-electron chi connectivity index (χ0n) is 13.7. The second kappa shape index (κ2) is 6.60. The fourth-order valence-corrected chi connectivity index (χ4v) is 3.25. The van der Waals surface area contributed by atoms with E-state index in [9.17, 15) is 4.79 Å². The molecule has 0 saturated carbocycles. The fourth-order valence-electron chi connectivity index (χ4n) is 3.25. The van der Waals surface area contributed by atoms with Crippen molar-refractivity contribution < 1.29 is 9.53 Å². The van der Waals surface area contributed by atoms with Gasteiger partial charge in [0.15, 0.2) is 0 Å². The third kappa shape index (κ3) is 3.28. The van der Waals surface area contributed by atoms with Crippen LogP contribution < -0.4 is 5.32 Å². The average molecular weight is 293 g/mol. The smallest absolute Gasteiger partial charge is 0.325 e. The van der Waals surface area contributed by atoms with E-state index in [0.717, 1.165) is 31.8 Å². The summed E-state index contributed by atoms with van der Waals surface area (Å²) in [5, 5.41) is 3.26. The number of carbonyl (C=O) groups is 1. The lowest BCUT2D eigenvalue weighted by molar-refractivity contribution is -0.148. The molecule has 0 aliphatic heterocycles. The Hall–Kier alpha value is -1.36. The lowest BCUT2D eigenvalue weighted by Crippen LogP contribution is -2.50. The van der Waals surface area contributed by atoms with Crippen LogP contribution in [-0.4, -0.2) is 34.7 Å². The Morgan fingerprint density at radius 2 is 2.14 bits per heavy atom. The molecule has 1 aliphatic rings. The van der Waals surface area contributed by atoms with Crippen molar-refractivity contribution in [1.82, 2.24) is 14.9 Å². The predicted molar refractivity (Wildman–Crippen MR) is 82.3 cm³/mol.